The van der Waals surface area contributed by atoms with Gasteiger partial charge < -0.3 is 15.5 Å². The zero-order valence-electron chi connectivity index (χ0n) is 20.3. The van der Waals surface area contributed by atoms with Crippen LogP contribution in [-0.2, 0) is 15.1 Å². The van der Waals surface area contributed by atoms with Crippen LogP contribution < -0.4 is 15.5 Å². The van der Waals surface area contributed by atoms with Gasteiger partial charge in [0, 0.05) is 24.0 Å². The molecule has 1 aliphatic heterocycles. The zero-order chi connectivity index (χ0) is 24.3. The number of hydrogen-bond acceptors (Lipinski definition) is 4. The van der Waals surface area contributed by atoms with E-state index in [0.717, 1.165) is 22.7 Å². The van der Waals surface area contributed by atoms with Crippen molar-refractivity contribution in [1.82, 2.24) is 10.2 Å². The van der Waals surface area contributed by atoms with E-state index in [1.165, 1.54) is 0 Å². The molecule has 0 aromatic heterocycles. The maximum absolute atomic E-state index is 13.1. The molecule has 0 radical (unpaired) electrons. The second kappa shape index (κ2) is 9.65. The van der Waals surface area contributed by atoms with Crippen LogP contribution in [0.2, 0.25) is 0 Å². The van der Waals surface area contributed by atoms with E-state index in [1.807, 2.05) is 48.5 Å². The van der Waals surface area contributed by atoms with Crippen LogP contribution in [0.15, 0.2) is 48.5 Å². The standard InChI is InChI=1S/C26H34N4O3/c1-7-29(18(4)5)22-14-12-21(13-15-22)27-23(31)16-30-24(32)26(6,28-25(30)33)20-10-8-19(9-11-20)17(2)3/h8-15,17-18H,7,16H2,1-6H3,(H,27,31)(H,28,33). The Morgan fingerprint density at radius 3 is 2.15 bits per heavy atom. The summed E-state index contributed by atoms with van der Waals surface area (Å²) in [5, 5.41) is 5.53. The Balaban J connectivity index is 1.67. The maximum Gasteiger partial charge on any atom is 0.325 e. The number of imide groups is 1. The Kier molecular flexibility index (Phi) is 7.10. The molecule has 176 valence electrons. The minimum Gasteiger partial charge on any atom is -0.369 e. The molecule has 7 heteroatoms. The molecular weight excluding hydrogens is 416 g/mol. The van der Waals surface area contributed by atoms with E-state index in [1.54, 1.807) is 6.92 Å². The molecule has 0 spiro atoms. The highest BCUT2D eigenvalue weighted by Gasteiger charge is 2.49. The molecule has 1 fully saturated rings. The van der Waals surface area contributed by atoms with Crippen molar-refractivity contribution in [2.75, 3.05) is 23.3 Å². The summed E-state index contributed by atoms with van der Waals surface area (Å²) < 4.78 is 0. The van der Waals surface area contributed by atoms with E-state index in [4.69, 9.17) is 0 Å². The molecule has 0 aliphatic carbocycles. The molecule has 4 amide bonds. The Hall–Kier alpha value is -3.35. The summed E-state index contributed by atoms with van der Waals surface area (Å²) in [5.74, 6) is -0.502. The highest BCUT2D eigenvalue weighted by atomic mass is 16.2. The fraction of sp³-hybridized carbons (Fsp3) is 0.423. The predicted molar refractivity (Wildman–Crippen MR) is 131 cm³/mol. The molecule has 1 atom stereocenters. The summed E-state index contributed by atoms with van der Waals surface area (Å²) in [6.45, 7) is 12.7. The van der Waals surface area contributed by atoms with Crippen molar-refractivity contribution in [1.29, 1.82) is 0 Å². The lowest BCUT2D eigenvalue weighted by Gasteiger charge is -2.27. The van der Waals surface area contributed by atoms with E-state index in [-0.39, 0.29) is 6.54 Å². The number of amides is 4. The number of anilines is 2. The van der Waals surface area contributed by atoms with Crippen molar-refractivity contribution in [3.05, 3.63) is 59.7 Å². The minimum absolute atomic E-state index is 0.348. The molecule has 1 unspecified atom stereocenters. The molecule has 0 bridgehead atoms. The van der Waals surface area contributed by atoms with Crippen LogP contribution >= 0.6 is 0 Å². The van der Waals surface area contributed by atoms with Gasteiger partial charge in [-0.3, -0.25) is 14.5 Å². The SMILES string of the molecule is CCN(c1ccc(NC(=O)CN2C(=O)NC(C)(c3ccc(C(C)C)cc3)C2=O)cc1)C(C)C. The van der Waals surface area contributed by atoms with Gasteiger partial charge in [0.05, 0.1) is 0 Å². The molecule has 2 N–H and O–H groups in total. The van der Waals surface area contributed by atoms with Gasteiger partial charge >= 0.3 is 6.03 Å². The molecule has 3 rings (SSSR count). The van der Waals surface area contributed by atoms with Crippen LogP contribution in [0.3, 0.4) is 0 Å². The van der Waals surface area contributed by atoms with Gasteiger partial charge in [0.15, 0.2) is 0 Å². The van der Waals surface area contributed by atoms with Crippen LogP contribution in [-0.4, -0.2) is 41.9 Å². The van der Waals surface area contributed by atoms with Crippen LogP contribution in [0.5, 0.6) is 0 Å². The van der Waals surface area contributed by atoms with Crippen molar-refractivity contribution in [3.63, 3.8) is 0 Å². The molecule has 2 aromatic rings. The summed E-state index contributed by atoms with van der Waals surface area (Å²) in [5.41, 5.74) is 2.32. The lowest BCUT2D eigenvalue weighted by atomic mass is 9.90. The topological polar surface area (TPSA) is 81.8 Å². The lowest BCUT2D eigenvalue weighted by molar-refractivity contribution is -0.133. The number of carbonyl (C=O) groups is 3. The van der Waals surface area contributed by atoms with Crippen molar-refractivity contribution in [2.45, 2.75) is 59.0 Å². The van der Waals surface area contributed by atoms with Gasteiger partial charge in [-0.2, -0.15) is 0 Å². The van der Waals surface area contributed by atoms with Gasteiger partial charge in [0.25, 0.3) is 5.91 Å². The van der Waals surface area contributed by atoms with Crippen LogP contribution in [0.25, 0.3) is 0 Å². The van der Waals surface area contributed by atoms with Crippen LogP contribution in [0.1, 0.15) is 58.6 Å². The van der Waals surface area contributed by atoms with E-state index >= 15 is 0 Å². The van der Waals surface area contributed by atoms with E-state index in [9.17, 15) is 14.4 Å². The quantitative estimate of drug-likeness (QED) is 0.582. The lowest BCUT2D eigenvalue weighted by Crippen LogP contribution is -2.42. The number of rotatable bonds is 8. The number of urea groups is 1. The smallest absolute Gasteiger partial charge is 0.325 e. The first-order chi connectivity index (χ1) is 15.6. The van der Waals surface area contributed by atoms with Crippen molar-refractivity contribution in [3.8, 4) is 0 Å². The average molecular weight is 451 g/mol. The van der Waals surface area contributed by atoms with Gasteiger partial charge in [0.2, 0.25) is 5.91 Å². The number of benzene rings is 2. The van der Waals surface area contributed by atoms with Gasteiger partial charge in [-0.1, -0.05) is 38.1 Å². The Labute approximate surface area is 196 Å². The van der Waals surface area contributed by atoms with E-state index < -0.39 is 23.4 Å². The summed E-state index contributed by atoms with van der Waals surface area (Å²) in [6, 6.07) is 15.0. The number of carbonyl (C=O) groups excluding carboxylic acids is 3. The molecule has 2 aromatic carbocycles. The highest BCUT2D eigenvalue weighted by Crippen LogP contribution is 2.30. The number of hydrogen-bond donors (Lipinski definition) is 2. The fourth-order valence-electron chi connectivity index (χ4n) is 4.16. The third-order valence-electron chi connectivity index (χ3n) is 6.18. The summed E-state index contributed by atoms with van der Waals surface area (Å²) in [6.07, 6.45) is 0. The zero-order valence-corrected chi connectivity index (χ0v) is 20.3. The summed E-state index contributed by atoms with van der Waals surface area (Å²) >= 11 is 0. The van der Waals surface area contributed by atoms with Gasteiger partial charge in [-0.15, -0.1) is 0 Å². The molecular formula is C26H34N4O3. The Bertz CT molecular complexity index is 1010. The number of nitrogens with zero attached hydrogens (tertiary/aromatic N) is 2. The van der Waals surface area contributed by atoms with Crippen molar-refractivity contribution in [2.24, 2.45) is 0 Å². The third kappa shape index (κ3) is 5.02. The second-order valence-electron chi connectivity index (χ2n) is 9.20. The average Bonchev–Trinajstić information content (AvgIpc) is 2.99. The molecule has 1 saturated heterocycles. The molecule has 7 nitrogen and oxygen atoms in total. The first-order valence-electron chi connectivity index (χ1n) is 11.5. The monoisotopic (exact) mass is 450 g/mol. The van der Waals surface area contributed by atoms with Crippen molar-refractivity contribution >= 4 is 29.2 Å². The maximum atomic E-state index is 13.1. The third-order valence-corrected chi connectivity index (χ3v) is 6.18. The van der Waals surface area contributed by atoms with Gasteiger partial charge in [0.1, 0.15) is 12.1 Å². The summed E-state index contributed by atoms with van der Waals surface area (Å²) in [7, 11) is 0. The minimum atomic E-state index is -1.20. The van der Waals surface area contributed by atoms with Crippen molar-refractivity contribution < 1.29 is 14.4 Å². The first kappa shape index (κ1) is 24.3. The first-order valence-corrected chi connectivity index (χ1v) is 11.5. The molecule has 0 saturated carbocycles. The highest BCUT2D eigenvalue weighted by molar-refractivity contribution is 6.10. The summed E-state index contributed by atoms with van der Waals surface area (Å²) in [4.78, 5) is 41.5. The molecule has 1 aliphatic rings. The Morgan fingerprint density at radius 1 is 1.03 bits per heavy atom. The second-order valence-corrected chi connectivity index (χ2v) is 9.20. The van der Waals surface area contributed by atoms with E-state index in [0.29, 0.717) is 23.2 Å². The van der Waals surface area contributed by atoms with Crippen LogP contribution in [0.4, 0.5) is 16.2 Å². The Morgan fingerprint density at radius 2 is 1.64 bits per heavy atom. The van der Waals surface area contributed by atoms with E-state index in [2.05, 4.69) is 50.2 Å². The molecule has 33 heavy (non-hydrogen) atoms. The van der Waals surface area contributed by atoms with Gasteiger partial charge in [-0.25, -0.2) is 4.79 Å². The van der Waals surface area contributed by atoms with Gasteiger partial charge in [-0.05, 0) is 69.0 Å². The largest absolute Gasteiger partial charge is 0.369 e. The van der Waals surface area contributed by atoms with Crippen LogP contribution in [0, 0.1) is 0 Å². The normalized spacial score (nSPS) is 18.1. The fourth-order valence-corrected chi connectivity index (χ4v) is 4.16. The predicted octanol–water partition coefficient (Wildman–Crippen LogP) is 4.45. The molecule has 1 heterocycles. The number of nitrogens with one attached hydrogen (secondary N) is 2.